The Bertz CT molecular complexity index is 482. The molecule has 0 atom stereocenters. The van der Waals surface area contributed by atoms with Crippen LogP contribution in [0.25, 0.3) is 6.08 Å². The molecule has 4 heteroatoms. The summed E-state index contributed by atoms with van der Waals surface area (Å²) in [7, 11) is 3.29. The second-order valence-corrected chi connectivity index (χ2v) is 5.85. The average molecular weight is 319 g/mol. The maximum atomic E-state index is 5.68. The zero-order valence-electron chi connectivity index (χ0n) is 14.4. The molecule has 128 valence electrons. The minimum atomic E-state index is 0.647. The molecule has 0 unspecified atom stereocenters. The Balaban J connectivity index is 1.62. The fourth-order valence-electron chi connectivity index (χ4n) is 2.87. The average Bonchev–Trinajstić information content (AvgIpc) is 2.61. The normalized spacial score (nSPS) is 15.9. The van der Waals surface area contributed by atoms with E-state index in [1.165, 1.54) is 38.9 Å². The molecule has 0 bridgehead atoms. The van der Waals surface area contributed by atoms with E-state index in [-0.39, 0.29) is 0 Å². The maximum Gasteiger partial charge on any atom is 0.161 e. The molecule has 1 aromatic rings. The Hall–Kier alpha value is -1.52. The molecule has 0 amide bonds. The molecule has 1 aliphatic rings. The molecule has 0 spiro atoms. The van der Waals surface area contributed by atoms with Gasteiger partial charge in [-0.15, -0.1) is 0 Å². The van der Waals surface area contributed by atoms with Crippen molar-refractivity contribution in [2.75, 3.05) is 47.1 Å². The van der Waals surface area contributed by atoms with Crippen LogP contribution in [0.15, 0.2) is 24.3 Å². The van der Waals surface area contributed by atoms with Crippen molar-refractivity contribution in [3.8, 4) is 11.5 Å². The Labute approximate surface area is 140 Å². The number of likely N-dealkylation sites (tertiary alicyclic amines) is 1. The minimum absolute atomic E-state index is 0.647. The molecule has 0 aliphatic carbocycles. The molecular formula is C19H29NO3. The molecule has 1 fully saturated rings. The van der Waals surface area contributed by atoms with Crippen LogP contribution >= 0.6 is 0 Å². The molecule has 4 nitrogen and oxygen atoms in total. The van der Waals surface area contributed by atoms with Crippen LogP contribution in [0.3, 0.4) is 0 Å². The second kappa shape index (κ2) is 10.3. The third-order valence-corrected chi connectivity index (χ3v) is 4.14. The van der Waals surface area contributed by atoms with E-state index in [1.54, 1.807) is 14.2 Å². The Morgan fingerprint density at radius 3 is 2.57 bits per heavy atom. The van der Waals surface area contributed by atoms with Crippen LogP contribution in [0, 0.1) is 0 Å². The molecular weight excluding hydrogens is 290 g/mol. The first-order chi connectivity index (χ1) is 11.3. The van der Waals surface area contributed by atoms with E-state index in [4.69, 9.17) is 14.2 Å². The number of ether oxygens (including phenoxy) is 3. The number of piperidine rings is 1. The van der Waals surface area contributed by atoms with Crippen molar-refractivity contribution in [3.05, 3.63) is 29.8 Å². The van der Waals surface area contributed by atoms with Crippen molar-refractivity contribution in [2.24, 2.45) is 0 Å². The van der Waals surface area contributed by atoms with E-state index in [1.807, 2.05) is 30.4 Å². The molecule has 0 saturated carbocycles. The number of nitrogens with zero attached hydrogens (tertiary/aromatic N) is 1. The number of hydrogen-bond donors (Lipinski definition) is 0. The number of hydrogen-bond acceptors (Lipinski definition) is 4. The van der Waals surface area contributed by atoms with Crippen LogP contribution in [0.5, 0.6) is 11.5 Å². The van der Waals surface area contributed by atoms with E-state index in [2.05, 4.69) is 4.90 Å². The number of benzene rings is 1. The first-order valence-electron chi connectivity index (χ1n) is 8.52. The summed E-state index contributed by atoms with van der Waals surface area (Å²) in [5, 5.41) is 0. The van der Waals surface area contributed by atoms with Gasteiger partial charge in [-0.2, -0.15) is 0 Å². The summed E-state index contributed by atoms with van der Waals surface area (Å²) in [6.45, 7) is 5.17. The smallest absolute Gasteiger partial charge is 0.161 e. The van der Waals surface area contributed by atoms with Gasteiger partial charge in [-0.1, -0.05) is 24.6 Å². The van der Waals surface area contributed by atoms with Gasteiger partial charge in [0.05, 0.1) is 20.8 Å². The van der Waals surface area contributed by atoms with Gasteiger partial charge in [0.25, 0.3) is 0 Å². The summed E-state index contributed by atoms with van der Waals surface area (Å²) in [6.07, 6.45) is 9.32. The van der Waals surface area contributed by atoms with Crippen LogP contribution in [-0.2, 0) is 4.74 Å². The summed E-state index contributed by atoms with van der Waals surface area (Å²) in [5.41, 5.74) is 1.08. The van der Waals surface area contributed by atoms with Gasteiger partial charge in [0.1, 0.15) is 0 Å². The van der Waals surface area contributed by atoms with Gasteiger partial charge < -0.3 is 19.1 Å². The highest BCUT2D eigenvalue weighted by Gasteiger charge is 2.08. The molecule has 1 heterocycles. The molecule has 0 N–H and O–H groups in total. The highest BCUT2D eigenvalue weighted by molar-refractivity contribution is 5.55. The second-order valence-electron chi connectivity index (χ2n) is 5.85. The SMILES string of the molecule is COc1ccc(C=CCOCCCN2CCCCC2)cc1OC. The molecule has 0 radical (unpaired) electrons. The lowest BCUT2D eigenvalue weighted by Crippen LogP contribution is -2.31. The van der Waals surface area contributed by atoms with E-state index in [0.717, 1.165) is 30.1 Å². The molecule has 1 aromatic carbocycles. The molecule has 1 aliphatic heterocycles. The minimum Gasteiger partial charge on any atom is -0.493 e. The van der Waals surface area contributed by atoms with Crippen LogP contribution in [0.2, 0.25) is 0 Å². The quantitative estimate of drug-likeness (QED) is 0.651. The van der Waals surface area contributed by atoms with Gasteiger partial charge >= 0.3 is 0 Å². The highest BCUT2D eigenvalue weighted by Crippen LogP contribution is 2.27. The predicted octanol–water partition coefficient (Wildman–Crippen LogP) is 3.61. The van der Waals surface area contributed by atoms with E-state index < -0.39 is 0 Å². The molecule has 1 saturated heterocycles. The van der Waals surface area contributed by atoms with Crippen LogP contribution < -0.4 is 9.47 Å². The van der Waals surface area contributed by atoms with Crippen LogP contribution in [-0.4, -0.2) is 52.0 Å². The zero-order valence-corrected chi connectivity index (χ0v) is 14.4. The standard InChI is InChI=1S/C19H29NO3/c1-21-18-10-9-17(16-19(18)22-2)8-6-14-23-15-7-13-20-11-4-3-5-12-20/h6,8-10,16H,3-5,7,11-15H2,1-2H3. The van der Waals surface area contributed by atoms with Crippen molar-refractivity contribution >= 4 is 6.08 Å². The van der Waals surface area contributed by atoms with E-state index in [0.29, 0.717) is 6.61 Å². The zero-order chi connectivity index (χ0) is 16.3. The maximum absolute atomic E-state index is 5.68. The summed E-state index contributed by atoms with van der Waals surface area (Å²) in [4.78, 5) is 2.55. The monoisotopic (exact) mass is 319 g/mol. The molecule has 0 aromatic heterocycles. The predicted molar refractivity (Wildman–Crippen MR) is 94.3 cm³/mol. The summed E-state index contributed by atoms with van der Waals surface area (Å²) >= 11 is 0. The highest BCUT2D eigenvalue weighted by atomic mass is 16.5. The van der Waals surface area contributed by atoms with Crippen molar-refractivity contribution in [2.45, 2.75) is 25.7 Å². The fraction of sp³-hybridized carbons (Fsp3) is 0.579. The topological polar surface area (TPSA) is 30.9 Å². The fourth-order valence-corrected chi connectivity index (χ4v) is 2.87. The third kappa shape index (κ3) is 6.24. The lowest BCUT2D eigenvalue weighted by molar-refractivity contribution is 0.138. The van der Waals surface area contributed by atoms with Gasteiger partial charge in [-0.25, -0.2) is 0 Å². The summed E-state index contributed by atoms with van der Waals surface area (Å²) in [5.74, 6) is 1.50. The Morgan fingerprint density at radius 1 is 1.04 bits per heavy atom. The van der Waals surface area contributed by atoms with Crippen molar-refractivity contribution in [3.63, 3.8) is 0 Å². The third-order valence-electron chi connectivity index (χ3n) is 4.14. The lowest BCUT2D eigenvalue weighted by Gasteiger charge is -2.26. The van der Waals surface area contributed by atoms with E-state index in [9.17, 15) is 0 Å². The molecule has 2 rings (SSSR count). The Kier molecular flexibility index (Phi) is 7.98. The van der Waals surface area contributed by atoms with Crippen molar-refractivity contribution in [1.29, 1.82) is 0 Å². The lowest BCUT2D eigenvalue weighted by atomic mass is 10.1. The van der Waals surface area contributed by atoms with Crippen molar-refractivity contribution in [1.82, 2.24) is 4.90 Å². The number of methoxy groups -OCH3 is 2. The van der Waals surface area contributed by atoms with Gasteiger partial charge in [0, 0.05) is 13.2 Å². The number of rotatable bonds is 9. The van der Waals surface area contributed by atoms with Crippen LogP contribution in [0.1, 0.15) is 31.2 Å². The first kappa shape index (κ1) is 17.8. The van der Waals surface area contributed by atoms with Gasteiger partial charge in [0.15, 0.2) is 11.5 Å². The summed E-state index contributed by atoms with van der Waals surface area (Å²) in [6, 6.07) is 5.89. The summed E-state index contributed by atoms with van der Waals surface area (Å²) < 4.78 is 16.2. The van der Waals surface area contributed by atoms with Gasteiger partial charge in [-0.3, -0.25) is 0 Å². The van der Waals surface area contributed by atoms with Gasteiger partial charge in [0.2, 0.25) is 0 Å². The van der Waals surface area contributed by atoms with Crippen LogP contribution in [0.4, 0.5) is 0 Å². The molecule has 23 heavy (non-hydrogen) atoms. The largest absolute Gasteiger partial charge is 0.493 e. The van der Waals surface area contributed by atoms with Crippen molar-refractivity contribution < 1.29 is 14.2 Å². The van der Waals surface area contributed by atoms with E-state index >= 15 is 0 Å². The Morgan fingerprint density at radius 2 is 1.83 bits per heavy atom. The first-order valence-corrected chi connectivity index (χ1v) is 8.52. The van der Waals surface area contributed by atoms with Gasteiger partial charge in [-0.05, 0) is 50.0 Å².